The van der Waals surface area contributed by atoms with Gasteiger partial charge in [-0.05, 0) is 11.3 Å². The molecule has 9 heteroatoms. The summed E-state index contributed by atoms with van der Waals surface area (Å²) in [5, 5.41) is 14.3. The Kier molecular flexibility index (Phi) is 3.59. The summed E-state index contributed by atoms with van der Waals surface area (Å²) in [5.74, 6) is 0.198. The number of hydrogen-bond acceptors (Lipinski definition) is 7. The average Bonchev–Trinajstić information content (AvgIpc) is 2.85. The summed E-state index contributed by atoms with van der Waals surface area (Å²) in [5.41, 5.74) is -0.0141. The molecular weight excluding hydrogens is 288 g/mol. The van der Waals surface area contributed by atoms with Crippen LogP contribution in [0.15, 0.2) is 4.99 Å². The van der Waals surface area contributed by atoms with Crippen LogP contribution in [0.3, 0.4) is 0 Å². The van der Waals surface area contributed by atoms with Crippen molar-refractivity contribution in [2.75, 3.05) is 5.75 Å². The fraction of sp³-hybridized carbons (Fsp3) is 0.500. The summed E-state index contributed by atoms with van der Waals surface area (Å²) in [6.45, 7) is 5.58. The second-order valence-corrected chi connectivity index (χ2v) is 6.83. The standard InChI is InChI=1S/C10H12N4O3S2/c1-10(2,3)6-7(14(16)17)19-9(12-6)13-8-11-5(15)4-18-8/h4H2,1-3H3,(H,11,12,13,15). The van der Waals surface area contributed by atoms with E-state index in [1.54, 1.807) is 0 Å². The SMILES string of the molecule is CC(C)(C)c1nc(/N=C2\NC(=O)CS2)sc1[N+](=O)[O-]. The van der Waals surface area contributed by atoms with E-state index in [-0.39, 0.29) is 10.9 Å². The van der Waals surface area contributed by atoms with Gasteiger partial charge in [0, 0.05) is 5.41 Å². The normalized spacial score (nSPS) is 17.8. The highest BCUT2D eigenvalue weighted by molar-refractivity contribution is 8.15. The highest BCUT2D eigenvalue weighted by Crippen LogP contribution is 2.39. The zero-order valence-corrected chi connectivity index (χ0v) is 12.2. The average molecular weight is 300 g/mol. The Morgan fingerprint density at radius 3 is 2.58 bits per heavy atom. The molecule has 1 amide bonds. The number of rotatable bonds is 2. The fourth-order valence-electron chi connectivity index (χ4n) is 1.43. The van der Waals surface area contributed by atoms with Crippen LogP contribution in [0.5, 0.6) is 0 Å². The van der Waals surface area contributed by atoms with Gasteiger partial charge in [-0.15, -0.1) is 0 Å². The molecule has 0 saturated carbocycles. The maximum absolute atomic E-state index is 11.0. The molecule has 0 bridgehead atoms. The molecule has 102 valence electrons. The summed E-state index contributed by atoms with van der Waals surface area (Å²) in [7, 11) is 0. The summed E-state index contributed by atoms with van der Waals surface area (Å²) < 4.78 is 0. The Morgan fingerprint density at radius 2 is 2.16 bits per heavy atom. The minimum Gasteiger partial charge on any atom is -0.304 e. The first-order chi connectivity index (χ1) is 8.77. The van der Waals surface area contributed by atoms with Crippen molar-refractivity contribution in [3.63, 3.8) is 0 Å². The van der Waals surface area contributed by atoms with Crippen molar-refractivity contribution in [1.29, 1.82) is 0 Å². The zero-order valence-electron chi connectivity index (χ0n) is 10.6. The minimum atomic E-state index is -0.442. The van der Waals surface area contributed by atoms with Crippen molar-refractivity contribution >= 4 is 44.3 Å². The van der Waals surface area contributed by atoms with E-state index in [4.69, 9.17) is 0 Å². The lowest BCUT2D eigenvalue weighted by atomic mass is 9.93. The lowest BCUT2D eigenvalue weighted by molar-refractivity contribution is -0.381. The van der Waals surface area contributed by atoms with Gasteiger partial charge in [-0.1, -0.05) is 32.5 Å². The smallest absolute Gasteiger partial charge is 0.304 e. The molecule has 1 N–H and O–H groups in total. The van der Waals surface area contributed by atoms with E-state index in [0.717, 1.165) is 11.3 Å². The molecule has 1 aliphatic heterocycles. The maximum atomic E-state index is 11.0. The first kappa shape index (κ1) is 13.9. The van der Waals surface area contributed by atoms with Gasteiger partial charge in [-0.2, -0.15) is 4.99 Å². The Balaban J connectivity index is 2.38. The number of carbonyl (C=O) groups excluding carboxylic acids is 1. The first-order valence-corrected chi connectivity index (χ1v) is 7.24. The molecule has 0 spiro atoms. The molecule has 0 aliphatic carbocycles. The van der Waals surface area contributed by atoms with E-state index in [1.165, 1.54) is 11.8 Å². The van der Waals surface area contributed by atoms with E-state index in [9.17, 15) is 14.9 Å². The van der Waals surface area contributed by atoms with Crippen LogP contribution in [0.25, 0.3) is 0 Å². The van der Waals surface area contributed by atoms with Gasteiger partial charge in [-0.25, -0.2) is 4.98 Å². The van der Waals surface area contributed by atoms with Crippen LogP contribution in [0.1, 0.15) is 26.5 Å². The van der Waals surface area contributed by atoms with Crippen LogP contribution in [0.2, 0.25) is 0 Å². The summed E-state index contributed by atoms with van der Waals surface area (Å²) in [4.78, 5) is 30.0. The molecule has 2 rings (SSSR count). The second kappa shape index (κ2) is 4.89. The molecule has 1 saturated heterocycles. The number of hydrogen-bond donors (Lipinski definition) is 1. The largest absolute Gasteiger partial charge is 0.349 e. The number of aliphatic imine (C=N–C) groups is 1. The van der Waals surface area contributed by atoms with E-state index in [0.29, 0.717) is 21.7 Å². The maximum Gasteiger partial charge on any atom is 0.349 e. The van der Waals surface area contributed by atoms with Crippen LogP contribution in [0.4, 0.5) is 10.1 Å². The number of nitrogens with zero attached hydrogens (tertiary/aromatic N) is 3. The lowest BCUT2D eigenvalue weighted by Crippen LogP contribution is -2.19. The second-order valence-electron chi connectivity index (χ2n) is 4.91. The molecule has 0 aromatic carbocycles. The van der Waals surface area contributed by atoms with Crippen LogP contribution >= 0.6 is 23.1 Å². The third-order valence-electron chi connectivity index (χ3n) is 2.26. The van der Waals surface area contributed by atoms with Crippen molar-refractivity contribution in [1.82, 2.24) is 10.3 Å². The molecule has 2 heterocycles. The quantitative estimate of drug-likeness (QED) is 0.667. The Hall–Kier alpha value is -1.48. The summed E-state index contributed by atoms with van der Waals surface area (Å²) >= 11 is 2.18. The van der Waals surface area contributed by atoms with Gasteiger partial charge >= 0.3 is 5.00 Å². The van der Waals surface area contributed by atoms with Gasteiger partial charge in [0.15, 0.2) is 5.17 Å². The molecule has 7 nitrogen and oxygen atoms in total. The Bertz CT molecular complexity index is 574. The number of amides is 1. The predicted octanol–water partition coefficient (Wildman–Crippen LogP) is 2.20. The number of aromatic nitrogens is 1. The van der Waals surface area contributed by atoms with Gasteiger partial charge < -0.3 is 5.32 Å². The van der Waals surface area contributed by atoms with Crippen LogP contribution in [-0.2, 0) is 10.2 Å². The minimum absolute atomic E-state index is 0.00109. The van der Waals surface area contributed by atoms with Gasteiger partial charge in [0.1, 0.15) is 5.69 Å². The van der Waals surface area contributed by atoms with E-state index in [2.05, 4.69) is 15.3 Å². The molecule has 19 heavy (non-hydrogen) atoms. The number of carbonyl (C=O) groups is 1. The van der Waals surface area contributed by atoms with E-state index >= 15 is 0 Å². The number of nitro groups is 1. The van der Waals surface area contributed by atoms with Crippen molar-refractivity contribution in [3.8, 4) is 0 Å². The number of nitrogens with one attached hydrogen (secondary N) is 1. The third kappa shape index (κ3) is 3.10. The Morgan fingerprint density at radius 1 is 1.47 bits per heavy atom. The Labute approximate surface area is 117 Å². The zero-order chi connectivity index (χ0) is 14.2. The van der Waals surface area contributed by atoms with E-state index in [1.807, 2.05) is 20.8 Å². The number of amidine groups is 1. The fourth-order valence-corrected chi connectivity index (χ4v) is 3.14. The molecule has 1 aromatic rings. The van der Waals surface area contributed by atoms with E-state index < -0.39 is 10.3 Å². The molecule has 1 aliphatic rings. The van der Waals surface area contributed by atoms with Gasteiger partial charge in [0.2, 0.25) is 11.0 Å². The lowest BCUT2D eigenvalue weighted by Gasteiger charge is -2.13. The molecule has 0 radical (unpaired) electrons. The molecule has 0 unspecified atom stereocenters. The van der Waals surface area contributed by atoms with Crippen LogP contribution in [-0.4, -0.2) is 26.7 Å². The van der Waals surface area contributed by atoms with Gasteiger partial charge in [0.05, 0.1) is 10.7 Å². The van der Waals surface area contributed by atoms with Crippen LogP contribution in [0, 0.1) is 10.1 Å². The molecule has 0 atom stereocenters. The third-order valence-corrected chi connectivity index (χ3v) is 4.03. The van der Waals surface area contributed by atoms with Gasteiger partial charge in [-0.3, -0.25) is 14.9 Å². The van der Waals surface area contributed by atoms with Crippen molar-refractivity contribution in [2.24, 2.45) is 4.99 Å². The topological polar surface area (TPSA) is 97.5 Å². The van der Waals surface area contributed by atoms with Crippen molar-refractivity contribution < 1.29 is 9.72 Å². The summed E-state index contributed by atoms with van der Waals surface area (Å²) in [6, 6.07) is 0. The predicted molar refractivity (Wildman–Crippen MR) is 75.2 cm³/mol. The first-order valence-electron chi connectivity index (χ1n) is 5.44. The monoisotopic (exact) mass is 300 g/mol. The highest BCUT2D eigenvalue weighted by atomic mass is 32.2. The molecule has 1 aromatic heterocycles. The van der Waals surface area contributed by atoms with Crippen LogP contribution < -0.4 is 5.32 Å². The molecule has 1 fully saturated rings. The number of thioether (sulfide) groups is 1. The van der Waals surface area contributed by atoms with Crippen molar-refractivity contribution in [2.45, 2.75) is 26.2 Å². The van der Waals surface area contributed by atoms with Crippen molar-refractivity contribution in [3.05, 3.63) is 15.8 Å². The number of thiazole rings is 1. The van der Waals surface area contributed by atoms with Gasteiger partial charge in [0.25, 0.3) is 0 Å². The highest BCUT2D eigenvalue weighted by Gasteiger charge is 2.31. The molecular formula is C10H12N4O3S2. The summed E-state index contributed by atoms with van der Waals surface area (Å²) in [6.07, 6.45) is 0.